The molecule has 0 bridgehead atoms. The first-order valence-electron chi connectivity index (χ1n) is 13.1. The standard InChI is InChI=1S/C30H36ClN3O5/c1-17(35)23-16-32-25-12-7-18(19-14-24(31)28(36)26(15-19)38-6)13-22(25)27(23)33-20-8-10-21(11-9-20)34(5)29(37)39-30(2,3)4/h7,12-16,20-21,36H,8-11H2,1-6H3,(H,32,33). The van der Waals surface area contributed by atoms with Crippen molar-refractivity contribution in [1.29, 1.82) is 0 Å². The number of benzene rings is 2. The fourth-order valence-electron chi connectivity index (χ4n) is 4.99. The number of hydrogen-bond acceptors (Lipinski definition) is 7. The molecule has 1 fully saturated rings. The van der Waals surface area contributed by atoms with E-state index in [1.54, 1.807) is 30.3 Å². The number of ketones is 1. The van der Waals surface area contributed by atoms with Crippen LogP contribution in [-0.4, -0.2) is 58.7 Å². The number of carbonyl (C=O) groups excluding carboxylic acids is 2. The number of nitrogens with zero attached hydrogens (tertiary/aromatic N) is 2. The summed E-state index contributed by atoms with van der Waals surface area (Å²) in [6.45, 7) is 7.13. The number of pyridine rings is 1. The predicted octanol–water partition coefficient (Wildman–Crippen LogP) is 7.06. The van der Waals surface area contributed by atoms with Crippen molar-refractivity contribution in [3.8, 4) is 22.6 Å². The molecule has 3 aromatic rings. The van der Waals surface area contributed by atoms with E-state index in [9.17, 15) is 14.7 Å². The predicted molar refractivity (Wildman–Crippen MR) is 154 cm³/mol. The van der Waals surface area contributed by atoms with Crippen molar-refractivity contribution in [2.24, 2.45) is 0 Å². The average molecular weight is 554 g/mol. The van der Waals surface area contributed by atoms with Crippen LogP contribution in [0.25, 0.3) is 22.0 Å². The highest BCUT2D eigenvalue weighted by Gasteiger charge is 2.30. The van der Waals surface area contributed by atoms with Crippen LogP contribution in [0.5, 0.6) is 11.5 Å². The quantitative estimate of drug-likeness (QED) is 0.315. The number of aromatic hydroxyl groups is 1. The molecule has 9 heteroatoms. The molecular weight excluding hydrogens is 518 g/mol. The van der Waals surface area contributed by atoms with Crippen LogP contribution in [0.15, 0.2) is 36.5 Å². The van der Waals surface area contributed by atoms with Crippen molar-refractivity contribution in [1.82, 2.24) is 9.88 Å². The van der Waals surface area contributed by atoms with Gasteiger partial charge in [0.05, 0.1) is 28.9 Å². The second-order valence-corrected chi connectivity index (χ2v) is 11.5. The molecule has 8 nitrogen and oxygen atoms in total. The van der Waals surface area contributed by atoms with Crippen LogP contribution in [0.3, 0.4) is 0 Å². The van der Waals surface area contributed by atoms with E-state index in [2.05, 4.69) is 10.3 Å². The second kappa shape index (κ2) is 11.3. The van der Waals surface area contributed by atoms with Gasteiger partial charge in [0.1, 0.15) is 5.60 Å². The number of methoxy groups -OCH3 is 1. The number of anilines is 1. The van der Waals surface area contributed by atoms with Crippen LogP contribution in [-0.2, 0) is 4.74 Å². The summed E-state index contributed by atoms with van der Waals surface area (Å²) < 4.78 is 10.8. The Bertz CT molecular complexity index is 1390. The van der Waals surface area contributed by atoms with Gasteiger partial charge < -0.3 is 24.8 Å². The molecule has 0 saturated heterocycles. The largest absolute Gasteiger partial charge is 0.503 e. The molecule has 0 radical (unpaired) electrons. The van der Waals surface area contributed by atoms with E-state index in [0.717, 1.165) is 53.4 Å². The number of phenolic OH excluding ortho intramolecular Hbond substituents is 1. The van der Waals surface area contributed by atoms with Crippen molar-refractivity contribution in [3.05, 3.63) is 47.1 Å². The summed E-state index contributed by atoms with van der Waals surface area (Å²) in [6.07, 6.45) is 4.63. The smallest absolute Gasteiger partial charge is 0.410 e. The summed E-state index contributed by atoms with van der Waals surface area (Å²) in [5.74, 6) is 0.0872. The number of amides is 1. The molecule has 2 aromatic carbocycles. The maximum Gasteiger partial charge on any atom is 0.410 e. The van der Waals surface area contributed by atoms with Gasteiger partial charge in [-0.25, -0.2) is 4.79 Å². The van der Waals surface area contributed by atoms with Crippen LogP contribution < -0.4 is 10.1 Å². The highest BCUT2D eigenvalue weighted by atomic mass is 35.5. The molecular formula is C30H36ClN3O5. The molecule has 1 aliphatic carbocycles. The summed E-state index contributed by atoms with van der Waals surface area (Å²) in [5.41, 5.74) is 3.09. The number of halogens is 1. The number of phenols is 1. The van der Waals surface area contributed by atoms with E-state index in [1.807, 2.05) is 39.0 Å². The first-order valence-corrected chi connectivity index (χ1v) is 13.5. The Labute approximate surface area is 234 Å². The number of fused-ring (bicyclic) bond motifs is 1. The monoisotopic (exact) mass is 553 g/mol. The second-order valence-electron chi connectivity index (χ2n) is 11.1. The van der Waals surface area contributed by atoms with Gasteiger partial charge in [-0.2, -0.15) is 0 Å². The molecule has 1 aliphatic rings. The van der Waals surface area contributed by atoms with Gasteiger partial charge in [0.2, 0.25) is 0 Å². The summed E-state index contributed by atoms with van der Waals surface area (Å²) in [6, 6.07) is 9.43. The lowest BCUT2D eigenvalue weighted by atomic mass is 9.89. The Morgan fingerprint density at radius 3 is 2.41 bits per heavy atom. The van der Waals surface area contributed by atoms with Crippen LogP contribution in [0.1, 0.15) is 63.7 Å². The number of rotatable bonds is 6. The molecule has 0 unspecified atom stereocenters. The molecule has 0 spiro atoms. The molecule has 208 valence electrons. The van der Waals surface area contributed by atoms with Crippen molar-refractivity contribution >= 4 is 40.1 Å². The number of carbonyl (C=O) groups is 2. The summed E-state index contributed by atoms with van der Waals surface area (Å²) in [7, 11) is 3.27. The minimum Gasteiger partial charge on any atom is -0.503 e. The molecule has 1 amide bonds. The molecule has 1 aromatic heterocycles. The van der Waals surface area contributed by atoms with Crippen molar-refractivity contribution in [3.63, 3.8) is 0 Å². The van der Waals surface area contributed by atoms with Gasteiger partial charge in [-0.15, -0.1) is 0 Å². The van der Waals surface area contributed by atoms with Crippen molar-refractivity contribution in [2.75, 3.05) is 19.5 Å². The lowest BCUT2D eigenvalue weighted by molar-refractivity contribution is 0.0185. The Hall–Kier alpha value is -3.52. The van der Waals surface area contributed by atoms with Gasteiger partial charge in [0.25, 0.3) is 0 Å². The van der Waals surface area contributed by atoms with Crippen LogP contribution in [0.4, 0.5) is 10.5 Å². The molecule has 2 N–H and O–H groups in total. The summed E-state index contributed by atoms with van der Waals surface area (Å²) in [4.78, 5) is 31.4. The Balaban J connectivity index is 1.61. The first kappa shape index (κ1) is 28.5. The third-order valence-corrected chi connectivity index (χ3v) is 7.39. The third kappa shape index (κ3) is 6.38. The number of ether oxygens (including phenoxy) is 2. The van der Waals surface area contributed by atoms with E-state index in [0.29, 0.717) is 5.56 Å². The molecule has 4 rings (SSSR count). The number of aromatic nitrogens is 1. The fraction of sp³-hybridized carbons (Fsp3) is 0.433. The van der Waals surface area contributed by atoms with Crippen LogP contribution in [0.2, 0.25) is 5.02 Å². The van der Waals surface area contributed by atoms with E-state index < -0.39 is 5.60 Å². The van der Waals surface area contributed by atoms with E-state index in [4.69, 9.17) is 21.1 Å². The molecule has 0 atom stereocenters. The van der Waals surface area contributed by atoms with Gasteiger partial charge in [0, 0.05) is 30.7 Å². The third-order valence-electron chi connectivity index (χ3n) is 7.10. The Morgan fingerprint density at radius 2 is 1.79 bits per heavy atom. The zero-order valence-electron chi connectivity index (χ0n) is 23.3. The van der Waals surface area contributed by atoms with Gasteiger partial charge >= 0.3 is 6.09 Å². The summed E-state index contributed by atoms with van der Waals surface area (Å²) in [5, 5.41) is 14.8. The molecule has 39 heavy (non-hydrogen) atoms. The number of hydrogen-bond donors (Lipinski definition) is 2. The Morgan fingerprint density at radius 1 is 1.10 bits per heavy atom. The maximum atomic E-state index is 12.6. The SMILES string of the molecule is COc1cc(-c2ccc3ncc(C(C)=O)c(NC4CCC(N(C)C(=O)OC(C)(C)C)CC4)c3c2)cc(Cl)c1O. The van der Waals surface area contributed by atoms with Crippen LogP contribution >= 0.6 is 11.6 Å². The topological polar surface area (TPSA) is 101 Å². The minimum atomic E-state index is -0.537. The minimum absolute atomic E-state index is 0.0787. The molecule has 1 heterocycles. The normalized spacial score (nSPS) is 17.5. The van der Waals surface area contributed by atoms with E-state index >= 15 is 0 Å². The summed E-state index contributed by atoms with van der Waals surface area (Å²) >= 11 is 6.25. The van der Waals surface area contributed by atoms with Crippen molar-refractivity contribution in [2.45, 2.75) is 71.1 Å². The lowest BCUT2D eigenvalue weighted by Gasteiger charge is -2.36. The molecule has 0 aliphatic heterocycles. The zero-order chi connectivity index (χ0) is 28.5. The lowest BCUT2D eigenvalue weighted by Crippen LogP contribution is -2.43. The van der Waals surface area contributed by atoms with Gasteiger partial charge in [0.15, 0.2) is 17.3 Å². The zero-order valence-corrected chi connectivity index (χ0v) is 24.1. The fourth-order valence-corrected chi connectivity index (χ4v) is 5.20. The van der Waals surface area contributed by atoms with Gasteiger partial charge in [-0.05, 0) is 88.8 Å². The van der Waals surface area contributed by atoms with E-state index in [-0.39, 0.29) is 40.5 Å². The average Bonchev–Trinajstić information content (AvgIpc) is 2.89. The number of nitrogens with one attached hydrogen (secondary N) is 1. The Kier molecular flexibility index (Phi) is 8.25. The van der Waals surface area contributed by atoms with Crippen LogP contribution in [0, 0.1) is 0 Å². The van der Waals surface area contributed by atoms with E-state index in [1.165, 1.54) is 14.0 Å². The van der Waals surface area contributed by atoms with Gasteiger partial charge in [-0.3, -0.25) is 9.78 Å². The highest BCUT2D eigenvalue weighted by molar-refractivity contribution is 6.32. The van der Waals surface area contributed by atoms with Crippen molar-refractivity contribution < 1.29 is 24.2 Å². The highest BCUT2D eigenvalue weighted by Crippen LogP contribution is 2.40. The van der Waals surface area contributed by atoms with Gasteiger partial charge in [-0.1, -0.05) is 17.7 Å². The molecule has 1 saturated carbocycles. The first-order chi connectivity index (χ1) is 18.4. The number of Topliss-reactive ketones (excluding diaryl/α,β-unsaturated/α-hetero) is 1. The maximum absolute atomic E-state index is 12.6.